The van der Waals surface area contributed by atoms with Crippen molar-refractivity contribution in [1.82, 2.24) is 0 Å². The number of unbranched alkanes of at least 4 members (excludes halogenated alkanes) is 3. The molecule has 0 aliphatic rings. The van der Waals surface area contributed by atoms with Gasteiger partial charge in [-0.15, -0.1) is 0 Å². The summed E-state index contributed by atoms with van der Waals surface area (Å²) in [5.74, 6) is 0. The topological polar surface area (TPSA) is 9.23 Å². The van der Waals surface area contributed by atoms with Crippen LogP contribution < -0.4 is 0 Å². The van der Waals surface area contributed by atoms with Gasteiger partial charge in [-0.1, -0.05) is 0 Å². The van der Waals surface area contributed by atoms with Crippen molar-refractivity contribution in [2.75, 3.05) is 6.61 Å². The molecule has 0 amide bonds. The molecule has 1 rings (SSSR count). The van der Waals surface area contributed by atoms with Crippen LogP contribution in [0.15, 0.2) is 38.0 Å². The summed E-state index contributed by atoms with van der Waals surface area (Å²) in [6.07, 6.45) is 8.23. The first-order valence-corrected chi connectivity index (χ1v) is 23.7. The predicted octanol–water partition coefficient (Wildman–Crippen LogP) is 9.16. The molecule has 0 fully saturated rings. The molecule has 166 valence electrons. The van der Waals surface area contributed by atoms with Crippen molar-refractivity contribution in [3.8, 4) is 0 Å². The number of ether oxygens (including phenoxy) is 1. The van der Waals surface area contributed by atoms with E-state index in [1.54, 1.807) is 0 Å². The summed E-state index contributed by atoms with van der Waals surface area (Å²) in [6.45, 7) is 16.2. The van der Waals surface area contributed by atoms with Gasteiger partial charge in [-0.25, -0.2) is 0 Å². The molecule has 1 aromatic carbocycles. The molecule has 1 nitrogen and oxygen atoms in total. The average Bonchev–Trinajstić information content (AvgIpc) is 2.67. The fourth-order valence-electron chi connectivity index (χ4n) is 4.16. The van der Waals surface area contributed by atoms with Crippen LogP contribution >= 0.6 is 15.9 Å². The standard InChI is InChI=1S/C13H18BrOSi.3C4H9.Sn/c1-16(2,3)10-6-9-15-11-12-7-4-5-8-13(12)14;3*1-3-4-2;/h4-5,7-8,10H,9,11H2,1-3H3;3*1,3-4H2,2H3;. The van der Waals surface area contributed by atoms with E-state index in [1.165, 1.54) is 57.4 Å². The third kappa shape index (κ3) is 10.5. The molecule has 0 unspecified atom stereocenters. The van der Waals surface area contributed by atoms with Crippen molar-refractivity contribution in [2.24, 2.45) is 0 Å². The Balaban J connectivity index is 3.14. The van der Waals surface area contributed by atoms with Gasteiger partial charge in [0.2, 0.25) is 0 Å². The van der Waals surface area contributed by atoms with E-state index < -0.39 is 26.5 Å². The Morgan fingerprint density at radius 2 is 1.45 bits per heavy atom. The number of hydrogen-bond donors (Lipinski definition) is 0. The first-order valence-electron chi connectivity index (χ1n) is 11.8. The Morgan fingerprint density at radius 1 is 0.931 bits per heavy atom. The summed E-state index contributed by atoms with van der Waals surface area (Å²) >= 11 is 1.26. The minimum absolute atomic E-state index is 0.710. The number of halogens is 1. The maximum atomic E-state index is 6.43. The Bertz CT molecular complexity index is 587. The van der Waals surface area contributed by atoms with Gasteiger partial charge >= 0.3 is 196 Å². The van der Waals surface area contributed by atoms with E-state index in [0.717, 1.165) is 11.1 Å². The Morgan fingerprint density at radius 3 is 1.90 bits per heavy atom. The molecule has 0 atom stereocenters. The number of benzene rings is 1. The average molecular weight is 588 g/mol. The van der Waals surface area contributed by atoms with E-state index in [9.17, 15) is 0 Å². The van der Waals surface area contributed by atoms with Gasteiger partial charge in [-0.2, -0.15) is 0 Å². The second-order valence-electron chi connectivity index (χ2n) is 9.71. The molecule has 0 aliphatic carbocycles. The van der Waals surface area contributed by atoms with Gasteiger partial charge in [0.1, 0.15) is 0 Å². The summed E-state index contributed by atoms with van der Waals surface area (Å²) < 4.78 is 14.0. The van der Waals surface area contributed by atoms with Crippen molar-refractivity contribution in [3.63, 3.8) is 0 Å². The third-order valence-electron chi connectivity index (χ3n) is 5.79. The summed E-state index contributed by atoms with van der Waals surface area (Å²) in [5.41, 5.74) is 4.03. The van der Waals surface area contributed by atoms with Crippen LogP contribution in [0.2, 0.25) is 33.0 Å². The molecular weight excluding hydrogens is 543 g/mol. The third-order valence-corrected chi connectivity index (χ3v) is 24.5. The van der Waals surface area contributed by atoms with E-state index >= 15 is 0 Å². The summed E-state index contributed by atoms with van der Waals surface area (Å²) in [5, 5.41) is 0. The van der Waals surface area contributed by atoms with Crippen LogP contribution in [0.4, 0.5) is 0 Å². The number of rotatable bonds is 15. The SMILES string of the molecule is CCC[CH2][Sn]([CH2]CCC)([CH2]CCC)/[C](=C\[Si](C)(C)C)COCc1ccccc1Br. The second kappa shape index (κ2) is 14.5. The molecule has 0 saturated carbocycles. The normalized spacial score (nSPS) is 13.1. The zero-order valence-electron chi connectivity index (χ0n) is 20.0. The van der Waals surface area contributed by atoms with Crippen LogP contribution in [-0.4, -0.2) is 33.1 Å². The number of hydrogen-bond acceptors (Lipinski definition) is 1. The Labute approximate surface area is 195 Å². The van der Waals surface area contributed by atoms with E-state index in [-0.39, 0.29) is 0 Å². The van der Waals surface area contributed by atoms with Gasteiger partial charge in [-0.3, -0.25) is 0 Å². The zero-order chi connectivity index (χ0) is 21.8. The molecule has 0 aromatic heterocycles. The van der Waals surface area contributed by atoms with Gasteiger partial charge in [0.15, 0.2) is 0 Å². The van der Waals surface area contributed by atoms with E-state index in [4.69, 9.17) is 4.74 Å². The van der Waals surface area contributed by atoms with Crippen molar-refractivity contribution in [2.45, 2.75) is 98.9 Å². The van der Waals surface area contributed by atoms with Crippen LogP contribution in [0, 0.1) is 0 Å². The first kappa shape index (κ1) is 27.4. The Kier molecular flexibility index (Phi) is 13.7. The molecule has 4 heteroatoms. The van der Waals surface area contributed by atoms with Crippen molar-refractivity contribution < 1.29 is 4.74 Å². The van der Waals surface area contributed by atoms with Gasteiger partial charge in [-0.05, 0) is 0 Å². The van der Waals surface area contributed by atoms with Crippen LogP contribution in [0.25, 0.3) is 0 Å². The molecular formula is C25H45BrOSiSn. The fraction of sp³-hybridized carbons (Fsp3) is 0.680. The van der Waals surface area contributed by atoms with Gasteiger partial charge in [0, 0.05) is 0 Å². The summed E-state index contributed by atoms with van der Waals surface area (Å²) in [6, 6.07) is 8.47. The molecule has 0 spiro atoms. The van der Waals surface area contributed by atoms with Gasteiger partial charge in [0.05, 0.1) is 0 Å². The van der Waals surface area contributed by atoms with Crippen molar-refractivity contribution >= 4 is 42.4 Å². The fourth-order valence-corrected chi connectivity index (χ4v) is 27.2. The van der Waals surface area contributed by atoms with E-state index in [2.05, 4.69) is 86.3 Å². The monoisotopic (exact) mass is 588 g/mol. The second-order valence-corrected chi connectivity index (χ2v) is 29.0. The molecule has 0 heterocycles. The summed E-state index contributed by atoms with van der Waals surface area (Å²) in [7, 11) is -1.29. The molecule has 0 bridgehead atoms. The van der Waals surface area contributed by atoms with Crippen molar-refractivity contribution in [1.29, 1.82) is 0 Å². The summed E-state index contributed by atoms with van der Waals surface area (Å²) in [4.78, 5) is 0. The van der Waals surface area contributed by atoms with Gasteiger partial charge in [0.25, 0.3) is 0 Å². The van der Waals surface area contributed by atoms with E-state index in [0.29, 0.717) is 6.61 Å². The van der Waals surface area contributed by atoms with Crippen LogP contribution in [0.3, 0.4) is 0 Å². The van der Waals surface area contributed by atoms with Crippen LogP contribution in [0.1, 0.15) is 64.9 Å². The predicted molar refractivity (Wildman–Crippen MR) is 140 cm³/mol. The quantitative estimate of drug-likeness (QED) is 0.186. The molecule has 0 saturated heterocycles. The molecule has 0 aliphatic heterocycles. The van der Waals surface area contributed by atoms with Crippen molar-refractivity contribution in [3.05, 3.63) is 43.6 Å². The molecule has 29 heavy (non-hydrogen) atoms. The molecule has 0 N–H and O–H groups in total. The molecule has 1 aromatic rings. The van der Waals surface area contributed by atoms with Gasteiger partial charge < -0.3 is 0 Å². The maximum absolute atomic E-state index is 6.43. The molecule has 0 radical (unpaired) electrons. The van der Waals surface area contributed by atoms with Crippen LogP contribution in [0.5, 0.6) is 0 Å². The van der Waals surface area contributed by atoms with E-state index in [1.807, 2.05) is 3.59 Å². The first-order chi connectivity index (χ1) is 13.8. The van der Waals surface area contributed by atoms with Crippen LogP contribution in [-0.2, 0) is 11.3 Å². The zero-order valence-corrected chi connectivity index (χ0v) is 25.4. The Hall–Kier alpha value is 0.416. The minimum atomic E-state index is -2.42.